The van der Waals surface area contributed by atoms with Crippen LogP contribution in [-0.2, 0) is 6.42 Å². The average Bonchev–Trinajstić information content (AvgIpc) is 2.66. The number of hydrogen-bond donors (Lipinski definition) is 1. The van der Waals surface area contributed by atoms with Gasteiger partial charge in [-0.3, -0.25) is 4.90 Å². The van der Waals surface area contributed by atoms with Crippen molar-refractivity contribution in [2.45, 2.75) is 31.9 Å². The zero-order valence-electron chi connectivity index (χ0n) is 9.26. The molecule has 1 N–H and O–H groups in total. The van der Waals surface area contributed by atoms with Crippen LogP contribution in [0, 0.1) is 0 Å². The van der Waals surface area contributed by atoms with Crippen molar-refractivity contribution in [2.75, 3.05) is 13.1 Å². The van der Waals surface area contributed by atoms with Gasteiger partial charge in [-0.2, -0.15) is 0 Å². The third kappa shape index (κ3) is 2.80. The normalized spacial score (nSPS) is 24.3. The van der Waals surface area contributed by atoms with Crippen molar-refractivity contribution in [1.29, 1.82) is 0 Å². The van der Waals surface area contributed by atoms with E-state index in [9.17, 15) is 5.11 Å². The first-order chi connectivity index (χ1) is 7.25. The summed E-state index contributed by atoms with van der Waals surface area (Å²) in [6.07, 6.45) is 1.90. The van der Waals surface area contributed by atoms with Crippen LogP contribution in [0.15, 0.2) is 30.3 Å². The Morgan fingerprint density at radius 3 is 2.73 bits per heavy atom. The topological polar surface area (TPSA) is 23.5 Å². The molecule has 2 rings (SSSR count). The van der Waals surface area contributed by atoms with Crippen LogP contribution in [0.2, 0.25) is 0 Å². The van der Waals surface area contributed by atoms with Crippen LogP contribution in [0.1, 0.15) is 18.9 Å². The van der Waals surface area contributed by atoms with Gasteiger partial charge in [-0.15, -0.1) is 0 Å². The summed E-state index contributed by atoms with van der Waals surface area (Å²) in [5.74, 6) is 0. The first-order valence-electron chi connectivity index (χ1n) is 5.72. The van der Waals surface area contributed by atoms with Crippen molar-refractivity contribution in [3.8, 4) is 0 Å². The number of benzene rings is 1. The highest BCUT2D eigenvalue weighted by Gasteiger charge is 2.24. The maximum absolute atomic E-state index is 9.47. The first kappa shape index (κ1) is 10.7. The van der Waals surface area contributed by atoms with Gasteiger partial charge in [-0.05, 0) is 25.3 Å². The summed E-state index contributed by atoms with van der Waals surface area (Å²) in [7, 11) is 0. The minimum atomic E-state index is -0.108. The number of aliphatic hydroxyl groups is 1. The van der Waals surface area contributed by atoms with E-state index >= 15 is 0 Å². The second kappa shape index (κ2) is 4.77. The molecule has 0 bridgehead atoms. The predicted octanol–water partition coefficient (Wildman–Crippen LogP) is 1.68. The highest BCUT2D eigenvalue weighted by molar-refractivity contribution is 5.15. The fourth-order valence-electron chi connectivity index (χ4n) is 2.25. The fraction of sp³-hybridized carbons (Fsp3) is 0.538. The molecule has 82 valence electrons. The van der Waals surface area contributed by atoms with Crippen molar-refractivity contribution in [3.63, 3.8) is 0 Å². The van der Waals surface area contributed by atoms with Gasteiger partial charge in [0, 0.05) is 19.1 Å². The van der Waals surface area contributed by atoms with Gasteiger partial charge < -0.3 is 5.11 Å². The fourth-order valence-corrected chi connectivity index (χ4v) is 2.25. The molecule has 1 heterocycles. The van der Waals surface area contributed by atoms with Crippen LogP contribution in [0.3, 0.4) is 0 Å². The van der Waals surface area contributed by atoms with E-state index in [1.165, 1.54) is 5.56 Å². The van der Waals surface area contributed by atoms with Crippen molar-refractivity contribution >= 4 is 0 Å². The SMILES string of the molecule is C[C@H](Cc1ccccc1)N1CC[C@H](O)C1. The van der Waals surface area contributed by atoms with E-state index in [1.54, 1.807) is 0 Å². The molecule has 0 unspecified atom stereocenters. The summed E-state index contributed by atoms with van der Waals surface area (Å²) in [5, 5.41) is 9.47. The van der Waals surface area contributed by atoms with Crippen molar-refractivity contribution in [3.05, 3.63) is 35.9 Å². The second-order valence-electron chi connectivity index (χ2n) is 4.48. The monoisotopic (exact) mass is 205 g/mol. The quantitative estimate of drug-likeness (QED) is 0.811. The third-order valence-corrected chi connectivity index (χ3v) is 3.19. The maximum Gasteiger partial charge on any atom is 0.0679 e. The highest BCUT2D eigenvalue weighted by atomic mass is 16.3. The molecule has 1 aliphatic rings. The summed E-state index contributed by atoms with van der Waals surface area (Å²) >= 11 is 0. The summed E-state index contributed by atoms with van der Waals surface area (Å²) in [5.41, 5.74) is 1.38. The molecule has 1 aromatic carbocycles. The van der Waals surface area contributed by atoms with Gasteiger partial charge in [0.15, 0.2) is 0 Å². The van der Waals surface area contributed by atoms with Gasteiger partial charge in [0.05, 0.1) is 6.10 Å². The lowest BCUT2D eigenvalue weighted by Crippen LogP contribution is -2.33. The molecule has 1 aliphatic heterocycles. The Kier molecular flexibility index (Phi) is 3.39. The number of rotatable bonds is 3. The van der Waals surface area contributed by atoms with Gasteiger partial charge in [-0.25, -0.2) is 0 Å². The molecule has 2 heteroatoms. The summed E-state index contributed by atoms with van der Waals surface area (Å²) in [6, 6.07) is 11.1. The largest absolute Gasteiger partial charge is 0.392 e. The molecule has 0 radical (unpaired) electrons. The first-order valence-corrected chi connectivity index (χ1v) is 5.72. The zero-order chi connectivity index (χ0) is 10.7. The van der Waals surface area contributed by atoms with Crippen LogP contribution < -0.4 is 0 Å². The van der Waals surface area contributed by atoms with E-state index in [4.69, 9.17) is 0 Å². The Labute approximate surface area is 91.5 Å². The summed E-state index contributed by atoms with van der Waals surface area (Å²) in [4.78, 5) is 2.37. The molecule has 1 aromatic rings. The lowest BCUT2D eigenvalue weighted by Gasteiger charge is -2.23. The molecule has 0 aliphatic carbocycles. The molecule has 1 saturated heterocycles. The van der Waals surface area contributed by atoms with Gasteiger partial charge >= 0.3 is 0 Å². The Balaban J connectivity index is 1.90. The van der Waals surface area contributed by atoms with E-state index in [0.29, 0.717) is 6.04 Å². The average molecular weight is 205 g/mol. The number of β-amino-alcohol motifs (C(OH)–C–C–N with tert-alkyl or cyclic N) is 1. The van der Waals surface area contributed by atoms with Gasteiger partial charge in [0.25, 0.3) is 0 Å². The predicted molar refractivity (Wildman–Crippen MR) is 61.8 cm³/mol. The van der Waals surface area contributed by atoms with Gasteiger partial charge in [-0.1, -0.05) is 30.3 Å². The molecule has 2 atom stereocenters. The van der Waals surface area contributed by atoms with E-state index < -0.39 is 0 Å². The number of hydrogen-bond acceptors (Lipinski definition) is 2. The Hall–Kier alpha value is -0.860. The highest BCUT2D eigenvalue weighted by Crippen LogP contribution is 2.15. The van der Waals surface area contributed by atoms with Crippen LogP contribution >= 0.6 is 0 Å². The molecular weight excluding hydrogens is 186 g/mol. The molecule has 0 aromatic heterocycles. The lowest BCUT2D eigenvalue weighted by molar-refractivity contribution is 0.162. The van der Waals surface area contributed by atoms with Crippen molar-refractivity contribution < 1.29 is 5.11 Å². The molecule has 15 heavy (non-hydrogen) atoms. The minimum Gasteiger partial charge on any atom is -0.392 e. The van der Waals surface area contributed by atoms with E-state index in [-0.39, 0.29) is 6.10 Å². The molecule has 0 saturated carbocycles. The number of likely N-dealkylation sites (tertiary alicyclic amines) is 1. The lowest BCUT2D eigenvalue weighted by atomic mass is 10.1. The molecule has 1 fully saturated rings. The summed E-state index contributed by atoms with van der Waals surface area (Å²) < 4.78 is 0. The van der Waals surface area contributed by atoms with Gasteiger partial charge in [0.2, 0.25) is 0 Å². The summed E-state index contributed by atoms with van der Waals surface area (Å²) in [6.45, 7) is 4.12. The van der Waals surface area contributed by atoms with Crippen molar-refractivity contribution in [1.82, 2.24) is 4.90 Å². The third-order valence-electron chi connectivity index (χ3n) is 3.19. The number of nitrogens with zero attached hydrogens (tertiary/aromatic N) is 1. The molecule has 0 spiro atoms. The van der Waals surface area contributed by atoms with Crippen LogP contribution in [0.25, 0.3) is 0 Å². The standard InChI is InChI=1S/C13H19NO/c1-11(14-8-7-13(15)10-14)9-12-5-3-2-4-6-12/h2-6,11,13,15H,7-10H2,1H3/t11-,13+/m1/s1. The smallest absolute Gasteiger partial charge is 0.0679 e. The minimum absolute atomic E-state index is 0.108. The van der Waals surface area contributed by atoms with Crippen LogP contribution in [0.5, 0.6) is 0 Å². The number of aliphatic hydroxyl groups excluding tert-OH is 1. The van der Waals surface area contributed by atoms with E-state index in [0.717, 1.165) is 25.9 Å². The Morgan fingerprint density at radius 2 is 2.13 bits per heavy atom. The van der Waals surface area contributed by atoms with Crippen molar-refractivity contribution in [2.24, 2.45) is 0 Å². The maximum atomic E-state index is 9.47. The van der Waals surface area contributed by atoms with Crippen LogP contribution in [-0.4, -0.2) is 35.2 Å². The Morgan fingerprint density at radius 1 is 1.40 bits per heavy atom. The van der Waals surface area contributed by atoms with E-state index in [1.807, 2.05) is 6.07 Å². The molecular formula is C13H19NO. The second-order valence-corrected chi connectivity index (χ2v) is 4.48. The molecule has 0 amide bonds. The van der Waals surface area contributed by atoms with Gasteiger partial charge in [0.1, 0.15) is 0 Å². The zero-order valence-corrected chi connectivity index (χ0v) is 9.26. The van der Waals surface area contributed by atoms with E-state index in [2.05, 4.69) is 36.1 Å². The van der Waals surface area contributed by atoms with Crippen LogP contribution in [0.4, 0.5) is 0 Å². The Bertz CT molecular complexity index is 299. The molecule has 2 nitrogen and oxygen atoms in total.